The van der Waals surface area contributed by atoms with Crippen LogP contribution in [-0.2, 0) is 13.0 Å². The molecule has 0 unspecified atom stereocenters. The van der Waals surface area contributed by atoms with E-state index in [2.05, 4.69) is 27.8 Å². The lowest BCUT2D eigenvalue weighted by atomic mass is 10.1. The zero-order valence-electron chi connectivity index (χ0n) is 18.4. The third-order valence-corrected chi connectivity index (χ3v) is 5.16. The van der Waals surface area contributed by atoms with E-state index < -0.39 is 0 Å². The number of nitrogens with zero attached hydrogens (tertiary/aromatic N) is 3. The van der Waals surface area contributed by atoms with Crippen molar-refractivity contribution >= 4 is 29.9 Å². The summed E-state index contributed by atoms with van der Waals surface area (Å²) in [5.74, 6) is 3.63. The van der Waals surface area contributed by atoms with Crippen LogP contribution in [0.15, 0.2) is 58.7 Å². The molecule has 1 saturated heterocycles. The van der Waals surface area contributed by atoms with Crippen molar-refractivity contribution in [3.8, 4) is 11.5 Å². The molecule has 31 heavy (non-hydrogen) atoms. The molecule has 1 aliphatic heterocycles. The van der Waals surface area contributed by atoms with Crippen LogP contribution in [0.4, 0.5) is 0 Å². The molecular formula is C23H33IN4O3. The second-order valence-electron chi connectivity index (χ2n) is 7.15. The number of hydrogen-bond donors (Lipinski definition) is 1. The van der Waals surface area contributed by atoms with Crippen molar-refractivity contribution in [1.82, 2.24) is 15.1 Å². The van der Waals surface area contributed by atoms with Gasteiger partial charge < -0.3 is 24.1 Å². The highest BCUT2D eigenvalue weighted by Gasteiger charge is 2.21. The number of aliphatic imine (C=N–C) groups is 1. The van der Waals surface area contributed by atoms with Crippen molar-refractivity contribution in [2.45, 2.75) is 13.0 Å². The summed E-state index contributed by atoms with van der Waals surface area (Å²) in [6.07, 6.45) is 4.35. The van der Waals surface area contributed by atoms with E-state index in [0.717, 1.165) is 67.9 Å². The molecule has 1 aromatic heterocycles. The fourth-order valence-electron chi connectivity index (χ4n) is 3.52. The quantitative estimate of drug-likeness (QED) is 0.228. The van der Waals surface area contributed by atoms with Crippen LogP contribution >= 0.6 is 24.0 Å². The molecule has 3 rings (SSSR count). The van der Waals surface area contributed by atoms with Crippen molar-refractivity contribution in [3.63, 3.8) is 0 Å². The molecule has 2 heterocycles. The highest BCUT2D eigenvalue weighted by molar-refractivity contribution is 14.0. The van der Waals surface area contributed by atoms with Crippen LogP contribution in [-0.4, -0.2) is 69.2 Å². The molecule has 0 bridgehead atoms. The Bertz CT molecular complexity index is 818. The second kappa shape index (κ2) is 13.3. The largest absolute Gasteiger partial charge is 0.497 e. The second-order valence-corrected chi connectivity index (χ2v) is 7.15. The first-order chi connectivity index (χ1) is 14.7. The molecule has 1 aliphatic rings. The van der Waals surface area contributed by atoms with Gasteiger partial charge in [0, 0.05) is 57.8 Å². The summed E-state index contributed by atoms with van der Waals surface area (Å²) in [6.45, 7) is 9.75. The Hall–Kier alpha value is -2.20. The maximum atomic E-state index is 5.53. The number of nitrogens with one attached hydrogen (secondary N) is 1. The van der Waals surface area contributed by atoms with Gasteiger partial charge in [0.05, 0.1) is 20.5 Å². The first-order valence-electron chi connectivity index (χ1n) is 10.3. The number of furan rings is 1. The molecule has 1 N–H and O–H groups in total. The monoisotopic (exact) mass is 540 g/mol. The van der Waals surface area contributed by atoms with Gasteiger partial charge in [-0.1, -0.05) is 6.08 Å². The lowest BCUT2D eigenvalue weighted by molar-refractivity contribution is 0.171. The molecule has 1 fully saturated rings. The predicted octanol–water partition coefficient (Wildman–Crippen LogP) is 3.41. The van der Waals surface area contributed by atoms with E-state index >= 15 is 0 Å². The third-order valence-electron chi connectivity index (χ3n) is 5.16. The van der Waals surface area contributed by atoms with Gasteiger partial charge in [-0.2, -0.15) is 0 Å². The molecule has 0 aliphatic carbocycles. The normalized spacial score (nSPS) is 14.6. The van der Waals surface area contributed by atoms with E-state index in [-0.39, 0.29) is 24.0 Å². The van der Waals surface area contributed by atoms with Gasteiger partial charge in [-0.25, -0.2) is 0 Å². The third kappa shape index (κ3) is 7.46. The highest BCUT2D eigenvalue weighted by Crippen LogP contribution is 2.25. The van der Waals surface area contributed by atoms with Gasteiger partial charge >= 0.3 is 0 Å². The minimum atomic E-state index is 0. The summed E-state index contributed by atoms with van der Waals surface area (Å²) >= 11 is 0. The first-order valence-corrected chi connectivity index (χ1v) is 10.3. The van der Waals surface area contributed by atoms with Gasteiger partial charge in [0.2, 0.25) is 0 Å². The Labute approximate surface area is 202 Å². The van der Waals surface area contributed by atoms with Gasteiger partial charge in [0.15, 0.2) is 5.96 Å². The minimum Gasteiger partial charge on any atom is -0.497 e. The molecule has 7 nitrogen and oxygen atoms in total. The van der Waals surface area contributed by atoms with Crippen LogP contribution in [0.1, 0.15) is 11.3 Å². The van der Waals surface area contributed by atoms with Crippen LogP contribution in [0, 0.1) is 0 Å². The van der Waals surface area contributed by atoms with E-state index in [9.17, 15) is 0 Å². The number of piperazine rings is 1. The predicted molar refractivity (Wildman–Crippen MR) is 135 cm³/mol. The molecule has 170 valence electrons. The number of hydrogen-bond acceptors (Lipinski definition) is 5. The Balaban J connectivity index is 0.00000341. The fraction of sp³-hybridized carbons (Fsp3) is 0.435. The molecular weight excluding hydrogens is 507 g/mol. The number of ether oxygens (including phenoxy) is 2. The van der Waals surface area contributed by atoms with Crippen LogP contribution in [0.5, 0.6) is 11.5 Å². The van der Waals surface area contributed by atoms with Gasteiger partial charge in [0.25, 0.3) is 0 Å². The number of rotatable bonds is 9. The van der Waals surface area contributed by atoms with Crippen LogP contribution in [0.2, 0.25) is 0 Å². The van der Waals surface area contributed by atoms with Gasteiger partial charge in [0.1, 0.15) is 17.3 Å². The number of methoxy groups -OCH3 is 2. The molecule has 0 radical (unpaired) electrons. The number of guanidine groups is 1. The molecule has 0 spiro atoms. The Morgan fingerprint density at radius 3 is 2.65 bits per heavy atom. The van der Waals surface area contributed by atoms with Crippen molar-refractivity contribution in [1.29, 1.82) is 0 Å². The Kier molecular flexibility index (Phi) is 10.7. The smallest absolute Gasteiger partial charge is 0.194 e. The molecule has 2 aromatic rings. The Morgan fingerprint density at radius 1 is 1.19 bits per heavy atom. The molecule has 8 heteroatoms. The summed E-state index contributed by atoms with van der Waals surface area (Å²) in [7, 11) is 3.40. The average Bonchev–Trinajstić information content (AvgIpc) is 3.30. The maximum absolute atomic E-state index is 5.53. The van der Waals surface area contributed by atoms with Crippen molar-refractivity contribution in [2.24, 2.45) is 4.99 Å². The van der Waals surface area contributed by atoms with E-state index in [4.69, 9.17) is 18.9 Å². The van der Waals surface area contributed by atoms with Gasteiger partial charge in [-0.05, 0) is 30.3 Å². The van der Waals surface area contributed by atoms with E-state index in [1.165, 1.54) is 0 Å². The summed E-state index contributed by atoms with van der Waals surface area (Å²) in [5.41, 5.74) is 1.14. The van der Waals surface area contributed by atoms with Crippen molar-refractivity contribution in [2.75, 3.05) is 53.5 Å². The lowest BCUT2D eigenvalue weighted by Crippen LogP contribution is -2.52. The summed E-state index contributed by atoms with van der Waals surface area (Å²) in [6, 6.07) is 9.84. The van der Waals surface area contributed by atoms with Crippen molar-refractivity contribution in [3.05, 3.63) is 60.6 Å². The molecule has 0 atom stereocenters. The van der Waals surface area contributed by atoms with E-state index in [0.29, 0.717) is 13.1 Å². The zero-order valence-corrected chi connectivity index (χ0v) is 20.7. The van der Waals surface area contributed by atoms with Gasteiger partial charge in [-0.3, -0.25) is 9.89 Å². The van der Waals surface area contributed by atoms with Crippen LogP contribution in [0.25, 0.3) is 0 Å². The maximum Gasteiger partial charge on any atom is 0.194 e. The van der Waals surface area contributed by atoms with Crippen LogP contribution < -0.4 is 14.8 Å². The first kappa shape index (κ1) is 25.1. The molecule has 1 aromatic carbocycles. The number of halogens is 1. The van der Waals surface area contributed by atoms with Gasteiger partial charge in [-0.15, -0.1) is 30.6 Å². The van der Waals surface area contributed by atoms with Crippen LogP contribution in [0.3, 0.4) is 0 Å². The lowest BCUT2D eigenvalue weighted by Gasteiger charge is -2.36. The topological polar surface area (TPSA) is 62.5 Å². The van der Waals surface area contributed by atoms with E-state index in [1.807, 2.05) is 30.3 Å². The summed E-state index contributed by atoms with van der Waals surface area (Å²) < 4.78 is 16.3. The summed E-state index contributed by atoms with van der Waals surface area (Å²) in [5, 5.41) is 3.39. The molecule has 0 amide bonds. The van der Waals surface area contributed by atoms with Crippen molar-refractivity contribution < 1.29 is 13.9 Å². The minimum absolute atomic E-state index is 0. The Morgan fingerprint density at radius 2 is 2.00 bits per heavy atom. The SMILES string of the molecule is C=CCNC(=NCCc1ccco1)N1CCN(Cc2cc(OC)ccc2OC)CC1.I. The number of benzene rings is 1. The molecule has 0 saturated carbocycles. The standard InChI is InChI=1S/C23H32N4O3.HI/c1-4-10-24-23(25-11-9-20-6-5-16-30-20)27-14-12-26(13-15-27)18-19-17-21(28-2)7-8-22(19)29-3;/h4-8,16-17H,1,9-15,18H2,2-3H3,(H,24,25);1H. The highest BCUT2D eigenvalue weighted by atomic mass is 127. The average molecular weight is 540 g/mol. The summed E-state index contributed by atoms with van der Waals surface area (Å²) in [4.78, 5) is 9.53. The fourth-order valence-corrected chi connectivity index (χ4v) is 3.52. The zero-order chi connectivity index (χ0) is 21.2. The van der Waals surface area contributed by atoms with E-state index in [1.54, 1.807) is 20.5 Å².